The molecule has 1 heterocycles. The number of benzene rings is 1. The molecule has 2 amide bonds. The van der Waals surface area contributed by atoms with Crippen LogP contribution in [0.15, 0.2) is 24.3 Å². The average Bonchev–Trinajstić information content (AvgIpc) is 2.65. The molecule has 0 aliphatic carbocycles. The number of piperidine rings is 1. The molecule has 0 aromatic heterocycles. The molecular formula is C19H25F3N2O3. The Morgan fingerprint density at radius 2 is 1.81 bits per heavy atom. The lowest BCUT2D eigenvalue weighted by Gasteiger charge is -2.30. The number of anilines is 1. The Balaban J connectivity index is 1.80. The fourth-order valence-corrected chi connectivity index (χ4v) is 2.93. The first kappa shape index (κ1) is 21.1. The van der Waals surface area contributed by atoms with Crippen molar-refractivity contribution in [2.24, 2.45) is 5.92 Å². The van der Waals surface area contributed by atoms with E-state index in [-0.39, 0.29) is 24.9 Å². The van der Waals surface area contributed by atoms with E-state index in [1.165, 1.54) is 10.5 Å². The zero-order chi connectivity index (χ0) is 20.0. The van der Waals surface area contributed by atoms with E-state index in [1.807, 2.05) is 24.3 Å². The van der Waals surface area contributed by atoms with Crippen LogP contribution in [0.2, 0.25) is 0 Å². The first-order valence-corrected chi connectivity index (χ1v) is 9.09. The van der Waals surface area contributed by atoms with Gasteiger partial charge < -0.3 is 15.0 Å². The monoisotopic (exact) mass is 386 g/mol. The van der Waals surface area contributed by atoms with Crippen molar-refractivity contribution in [1.82, 2.24) is 4.90 Å². The van der Waals surface area contributed by atoms with Crippen molar-refractivity contribution in [1.29, 1.82) is 0 Å². The molecule has 27 heavy (non-hydrogen) atoms. The Labute approximate surface area is 156 Å². The number of hydrogen-bond acceptors (Lipinski definition) is 3. The number of hydrogen-bond donors (Lipinski definition) is 1. The summed E-state index contributed by atoms with van der Waals surface area (Å²) < 4.78 is 40.5. The maximum atomic E-state index is 12.4. The van der Waals surface area contributed by atoms with E-state index in [9.17, 15) is 22.8 Å². The van der Waals surface area contributed by atoms with Crippen molar-refractivity contribution in [2.75, 3.05) is 25.0 Å². The molecule has 1 aliphatic rings. The third-order valence-electron chi connectivity index (χ3n) is 4.84. The molecule has 150 valence electrons. The molecule has 5 nitrogen and oxygen atoms in total. The molecule has 1 saturated heterocycles. The van der Waals surface area contributed by atoms with Crippen LogP contribution < -0.4 is 5.32 Å². The molecule has 0 radical (unpaired) electrons. The molecule has 1 atom stereocenters. The van der Waals surface area contributed by atoms with Crippen LogP contribution in [0.5, 0.6) is 0 Å². The lowest BCUT2D eigenvalue weighted by atomic mass is 9.95. The number of nitrogens with zero attached hydrogens (tertiary/aromatic N) is 1. The van der Waals surface area contributed by atoms with Crippen molar-refractivity contribution in [2.45, 2.75) is 45.2 Å². The first-order chi connectivity index (χ1) is 12.7. The van der Waals surface area contributed by atoms with Gasteiger partial charge in [0.1, 0.15) is 0 Å². The van der Waals surface area contributed by atoms with Crippen LogP contribution in [0, 0.1) is 5.92 Å². The summed E-state index contributed by atoms with van der Waals surface area (Å²) in [6.45, 7) is 3.05. The maximum absolute atomic E-state index is 12.4. The summed E-state index contributed by atoms with van der Waals surface area (Å²) in [6.07, 6.45) is -3.73. The van der Waals surface area contributed by atoms with E-state index < -0.39 is 18.9 Å². The predicted molar refractivity (Wildman–Crippen MR) is 95.5 cm³/mol. The van der Waals surface area contributed by atoms with E-state index in [4.69, 9.17) is 0 Å². The van der Waals surface area contributed by atoms with Gasteiger partial charge in [0.05, 0.1) is 0 Å². The lowest BCUT2D eigenvalue weighted by molar-refractivity contribution is -0.162. The molecule has 0 spiro atoms. The summed E-state index contributed by atoms with van der Waals surface area (Å²) in [6, 6.07) is 7.71. The van der Waals surface area contributed by atoms with Gasteiger partial charge in [0, 0.05) is 24.7 Å². The second-order valence-corrected chi connectivity index (χ2v) is 6.85. The molecule has 1 aromatic carbocycles. The Hall–Kier alpha value is -2.25. The second-order valence-electron chi connectivity index (χ2n) is 6.85. The van der Waals surface area contributed by atoms with Crippen molar-refractivity contribution >= 4 is 17.7 Å². The minimum Gasteiger partial charge on any atom is -0.440 e. The van der Waals surface area contributed by atoms with Crippen LogP contribution in [0.4, 0.5) is 23.7 Å². The van der Waals surface area contributed by atoms with E-state index in [2.05, 4.69) is 23.9 Å². The van der Waals surface area contributed by atoms with Gasteiger partial charge in [-0.05, 0) is 42.9 Å². The molecule has 0 saturated carbocycles. The molecule has 1 N–H and O–H groups in total. The van der Waals surface area contributed by atoms with Gasteiger partial charge in [0.2, 0.25) is 5.91 Å². The highest BCUT2D eigenvalue weighted by Crippen LogP contribution is 2.23. The standard InChI is InChI=1S/C19H25F3N2O3/c1-3-13(2)14-4-6-16(7-5-14)23-17(25)15-8-10-24(11-9-15)18(26)27-12-19(20,21)22/h4-7,13,15H,3,8-12H2,1-2H3,(H,23,25). The number of ether oxygens (including phenoxy) is 1. The van der Waals surface area contributed by atoms with Crippen molar-refractivity contribution in [3.05, 3.63) is 29.8 Å². The first-order valence-electron chi connectivity index (χ1n) is 9.09. The summed E-state index contributed by atoms with van der Waals surface area (Å²) in [7, 11) is 0. The van der Waals surface area contributed by atoms with Gasteiger partial charge in [-0.3, -0.25) is 4.79 Å². The van der Waals surface area contributed by atoms with Crippen molar-refractivity contribution in [3.8, 4) is 0 Å². The van der Waals surface area contributed by atoms with Gasteiger partial charge in [-0.15, -0.1) is 0 Å². The number of carbonyl (C=O) groups excluding carboxylic acids is 2. The predicted octanol–water partition coefficient (Wildman–Crippen LogP) is 4.55. The zero-order valence-electron chi connectivity index (χ0n) is 15.5. The summed E-state index contributed by atoms with van der Waals surface area (Å²) in [4.78, 5) is 25.2. The van der Waals surface area contributed by atoms with Gasteiger partial charge >= 0.3 is 12.3 Å². The molecule has 1 fully saturated rings. The van der Waals surface area contributed by atoms with Gasteiger partial charge in [-0.1, -0.05) is 26.0 Å². The molecule has 1 unspecified atom stereocenters. The molecule has 0 bridgehead atoms. The van der Waals surface area contributed by atoms with E-state index in [0.29, 0.717) is 24.4 Å². The Kier molecular flexibility index (Phi) is 7.10. The van der Waals surface area contributed by atoms with Gasteiger partial charge in [0.15, 0.2) is 6.61 Å². The highest BCUT2D eigenvalue weighted by Gasteiger charge is 2.32. The minimum absolute atomic E-state index is 0.144. The fourth-order valence-electron chi connectivity index (χ4n) is 2.93. The molecule has 1 aromatic rings. The van der Waals surface area contributed by atoms with Crippen molar-refractivity contribution < 1.29 is 27.5 Å². The quantitative estimate of drug-likeness (QED) is 0.808. The normalized spacial score (nSPS) is 16.7. The number of amides is 2. The summed E-state index contributed by atoms with van der Waals surface area (Å²) in [5, 5.41) is 2.86. The van der Waals surface area contributed by atoms with E-state index >= 15 is 0 Å². The molecule has 2 rings (SSSR count). The van der Waals surface area contributed by atoms with Crippen LogP contribution in [-0.4, -0.2) is 42.8 Å². The van der Waals surface area contributed by atoms with Gasteiger partial charge in [-0.25, -0.2) is 4.79 Å². The number of carbonyl (C=O) groups is 2. The topological polar surface area (TPSA) is 58.6 Å². The van der Waals surface area contributed by atoms with Crippen LogP contribution in [-0.2, 0) is 9.53 Å². The SMILES string of the molecule is CCC(C)c1ccc(NC(=O)C2CCN(C(=O)OCC(F)(F)F)CC2)cc1. The smallest absolute Gasteiger partial charge is 0.422 e. The zero-order valence-corrected chi connectivity index (χ0v) is 15.5. The third kappa shape index (κ3) is 6.45. The van der Waals surface area contributed by atoms with Gasteiger partial charge in [0.25, 0.3) is 0 Å². The summed E-state index contributed by atoms with van der Waals surface area (Å²) in [5.74, 6) is 0.0247. The summed E-state index contributed by atoms with van der Waals surface area (Å²) in [5.41, 5.74) is 1.92. The van der Waals surface area contributed by atoms with Crippen LogP contribution in [0.25, 0.3) is 0 Å². The lowest BCUT2D eigenvalue weighted by Crippen LogP contribution is -2.42. The second kappa shape index (κ2) is 9.10. The molecule has 1 aliphatic heterocycles. The van der Waals surface area contributed by atoms with E-state index in [1.54, 1.807) is 0 Å². The number of rotatable bonds is 5. The molecular weight excluding hydrogens is 361 g/mol. The van der Waals surface area contributed by atoms with Crippen LogP contribution >= 0.6 is 0 Å². The fraction of sp³-hybridized carbons (Fsp3) is 0.579. The Morgan fingerprint density at radius 3 is 2.33 bits per heavy atom. The Bertz CT molecular complexity index is 639. The Morgan fingerprint density at radius 1 is 1.22 bits per heavy atom. The average molecular weight is 386 g/mol. The largest absolute Gasteiger partial charge is 0.440 e. The molecule has 8 heteroatoms. The van der Waals surface area contributed by atoms with Crippen LogP contribution in [0.3, 0.4) is 0 Å². The summed E-state index contributed by atoms with van der Waals surface area (Å²) >= 11 is 0. The highest BCUT2D eigenvalue weighted by atomic mass is 19.4. The number of alkyl halides is 3. The number of likely N-dealkylation sites (tertiary alicyclic amines) is 1. The minimum atomic E-state index is -4.54. The van der Waals surface area contributed by atoms with Gasteiger partial charge in [-0.2, -0.15) is 13.2 Å². The maximum Gasteiger partial charge on any atom is 0.422 e. The highest BCUT2D eigenvalue weighted by molar-refractivity contribution is 5.92. The number of halogens is 3. The van der Waals surface area contributed by atoms with Crippen LogP contribution in [0.1, 0.15) is 44.6 Å². The van der Waals surface area contributed by atoms with E-state index in [0.717, 1.165) is 6.42 Å². The number of nitrogens with one attached hydrogen (secondary N) is 1. The van der Waals surface area contributed by atoms with Crippen molar-refractivity contribution in [3.63, 3.8) is 0 Å². The third-order valence-corrected chi connectivity index (χ3v) is 4.84.